The Hall–Kier alpha value is -0.900. The lowest BCUT2D eigenvalue weighted by atomic mass is 9.69. The summed E-state index contributed by atoms with van der Waals surface area (Å²) in [4.78, 5) is 0. The molecular formula is C14H26N4. The zero-order valence-corrected chi connectivity index (χ0v) is 11.9. The topological polar surface area (TPSA) is 42.7 Å². The van der Waals surface area contributed by atoms with Crippen LogP contribution in [0.15, 0.2) is 6.20 Å². The highest BCUT2D eigenvalue weighted by Crippen LogP contribution is 2.45. The van der Waals surface area contributed by atoms with E-state index in [0.717, 1.165) is 13.0 Å². The molecule has 1 aromatic heterocycles. The minimum Gasteiger partial charge on any atom is -0.308 e. The monoisotopic (exact) mass is 250 g/mol. The van der Waals surface area contributed by atoms with Gasteiger partial charge in [0.05, 0.1) is 17.9 Å². The first-order valence-corrected chi connectivity index (χ1v) is 7.25. The second-order valence-electron chi connectivity index (χ2n) is 5.88. The van der Waals surface area contributed by atoms with E-state index in [0.29, 0.717) is 11.5 Å². The molecule has 2 rings (SSSR count). The Morgan fingerprint density at radius 1 is 1.39 bits per heavy atom. The smallest absolute Gasteiger partial charge is 0.0758 e. The van der Waals surface area contributed by atoms with E-state index in [2.05, 4.69) is 29.5 Å². The third kappa shape index (κ3) is 2.74. The molecule has 1 unspecified atom stereocenters. The van der Waals surface area contributed by atoms with Gasteiger partial charge < -0.3 is 5.32 Å². The molecule has 1 aromatic rings. The predicted octanol–water partition coefficient (Wildman–Crippen LogP) is 2.83. The molecule has 1 heterocycles. The third-order valence-corrected chi connectivity index (χ3v) is 4.34. The SMILES string of the molecule is CCCNC(c1cnnn1C)C1(C)CCCCC1. The van der Waals surface area contributed by atoms with Crippen LogP contribution < -0.4 is 5.32 Å². The Morgan fingerprint density at radius 3 is 2.67 bits per heavy atom. The van der Waals surface area contributed by atoms with E-state index in [-0.39, 0.29) is 0 Å². The van der Waals surface area contributed by atoms with Crippen molar-refractivity contribution in [1.29, 1.82) is 0 Å². The van der Waals surface area contributed by atoms with Gasteiger partial charge in [-0.3, -0.25) is 4.68 Å². The van der Waals surface area contributed by atoms with Gasteiger partial charge in [0.2, 0.25) is 0 Å². The van der Waals surface area contributed by atoms with E-state index in [1.54, 1.807) is 0 Å². The quantitative estimate of drug-likeness (QED) is 0.874. The number of aromatic nitrogens is 3. The Morgan fingerprint density at radius 2 is 2.11 bits per heavy atom. The first-order valence-electron chi connectivity index (χ1n) is 7.25. The van der Waals surface area contributed by atoms with Crippen molar-refractivity contribution in [1.82, 2.24) is 20.3 Å². The zero-order chi connectivity index (χ0) is 13.0. The lowest BCUT2D eigenvalue weighted by molar-refractivity contribution is 0.139. The van der Waals surface area contributed by atoms with Crippen molar-refractivity contribution in [3.05, 3.63) is 11.9 Å². The molecule has 0 aliphatic heterocycles. The van der Waals surface area contributed by atoms with Gasteiger partial charge in [-0.1, -0.05) is 38.3 Å². The summed E-state index contributed by atoms with van der Waals surface area (Å²) < 4.78 is 1.92. The van der Waals surface area contributed by atoms with E-state index < -0.39 is 0 Å². The van der Waals surface area contributed by atoms with Gasteiger partial charge in [0.25, 0.3) is 0 Å². The summed E-state index contributed by atoms with van der Waals surface area (Å²) in [7, 11) is 2.00. The highest BCUT2D eigenvalue weighted by Gasteiger charge is 2.37. The molecule has 1 N–H and O–H groups in total. The standard InChI is InChI=1S/C14H26N4/c1-4-10-15-13(12-11-16-17-18(12)3)14(2)8-6-5-7-9-14/h11,13,15H,4-10H2,1-3H3. The fraction of sp³-hybridized carbons (Fsp3) is 0.857. The Kier molecular flexibility index (Phi) is 4.38. The first kappa shape index (κ1) is 13.5. The first-order chi connectivity index (χ1) is 8.67. The molecule has 0 amide bonds. The fourth-order valence-electron chi connectivity index (χ4n) is 3.20. The molecule has 1 atom stereocenters. The molecule has 4 nitrogen and oxygen atoms in total. The molecule has 0 saturated heterocycles. The highest BCUT2D eigenvalue weighted by atomic mass is 15.4. The van der Waals surface area contributed by atoms with Crippen molar-refractivity contribution in [2.75, 3.05) is 6.54 Å². The van der Waals surface area contributed by atoms with Crippen molar-refractivity contribution in [3.63, 3.8) is 0 Å². The Labute approximate surface area is 110 Å². The molecule has 0 aromatic carbocycles. The Balaban J connectivity index is 2.21. The molecule has 4 heteroatoms. The van der Waals surface area contributed by atoms with E-state index in [1.165, 1.54) is 37.8 Å². The molecule has 1 saturated carbocycles. The third-order valence-electron chi connectivity index (χ3n) is 4.34. The summed E-state index contributed by atoms with van der Waals surface area (Å²) in [6.45, 7) is 5.70. The van der Waals surface area contributed by atoms with Crippen molar-refractivity contribution < 1.29 is 0 Å². The number of nitrogens with zero attached hydrogens (tertiary/aromatic N) is 3. The number of aryl methyl sites for hydroxylation is 1. The van der Waals surface area contributed by atoms with Gasteiger partial charge in [-0.25, -0.2) is 0 Å². The van der Waals surface area contributed by atoms with E-state index in [1.807, 2.05) is 17.9 Å². The van der Waals surface area contributed by atoms with Crippen LogP contribution in [0.3, 0.4) is 0 Å². The normalized spacial score (nSPS) is 20.8. The summed E-state index contributed by atoms with van der Waals surface area (Å²) in [5, 5.41) is 11.9. The molecule has 102 valence electrons. The molecular weight excluding hydrogens is 224 g/mol. The maximum Gasteiger partial charge on any atom is 0.0758 e. The average molecular weight is 250 g/mol. The molecule has 0 bridgehead atoms. The summed E-state index contributed by atoms with van der Waals surface area (Å²) in [5.74, 6) is 0. The van der Waals surface area contributed by atoms with Crippen LogP contribution in [0.25, 0.3) is 0 Å². The van der Waals surface area contributed by atoms with Gasteiger partial charge >= 0.3 is 0 Å². The lowest BCUT2D eigenvalue weighted by Gasteiger charge is -2.41. The molecule has 18 heavy (non-hydrogen) atoms. The molecule has 1 aliphatic rings. The molecule has 0 spiro atoms. The minimum atomic E-state index is 0.350. The van der Waals surface area contributed by atoms with Crippen LogP contribution in [-0.4, -0.2) is 21.5 Å². The van der Waals surface area contributed by atoms with Crippen molar-refractivity contribution in [3.8, 4) is 0 Å². The van der Waals surface area contributed by atoms with Crippen molar-refractivity contribution in [2.24, 2.45) is 12.5 Å². The van der Waals surface area contributed by atoms with Crippen LogP contribution in [0.2, 0.25) is 0 Å². The van der Waals surface area contributed by atoms with E-state index in [9.17, 15) is 0 Å². The molecule has 1 fully saturated rings. The number of rotatable bonds is 5. The number of nitrogens with one attached hydrogen (secondary N) is 1. The van der Waals surface area contributed by atoms with Crippen LogP contribution in [0.1, 0.15) is 64.1 Å². The van der Waals surface area contributed by atoms with E-state index in [4.69, 9.17) is 0 Å². The predicted molar refractivity (Wildman–Crippen MR) is 73.2 cm³/mol. The average Bonchev–Trinajstić information content (AvgIpc) is 2.77. The number of hydrogen-bond donors (Lipinski definition) is 1. The summed E-state index contributed by atoms with van der Waals surface area (Å²) >= 11 is 0. The van der Waals surface area contributed by atoms with Gasteiger partial charge in [0.15, 0.2) is 0 Å². The summed E-state index contributed by atoms with van der Waals surface area (Å²) in [5.41, 5.74) is 1.58. The maximum atomic E-state index is 4.10. The second kappa shape index (κ2) is 5.83. The fourth-order valence-corrected chi connectivity index (χ4v) is 3.20. The highest BCUT2D eigenvalue weighted by molar-refractivity contribution is 5.08. The molecule has 0 radical (unpaired) electrons. The largest absolute Gasteiger partial charge is 0.308 e. The van der Waals surface area contributed by atoms with Gasteiger partial charge in [-0.2, -0.15) is 0 Å². The van der Waals surface area contributed by atoms with Crippen LogP contribution in [0, 0.1) is 5.41 Å². The van der Waals surface area contributed by atoms with Crippen molar-refractivity contribution >= 4 is 0 Å². The van der Waals surface area contributed by atoms with Crippen LogP contribution in [0.4, 0.5) is 0 Å². The van der Waals surface area contributed by atoms with Crippen molar-refractivity contribution in [2.45, 2.75) is 58.4 Å². The van der Waals surface area contributed by atoms with Gasteiger partial charge in [0.1, 0.15) is 0 Å². The second-order valence-corrected chi connectivity index (χ2v) is 5.88. The summed E-state index contributed by atoms with van der Waals surface area (Å²) in [6.07, 6.45) is 9.79. The van der Waals surface area contributed by atoms with Gasteiger partial charge in [-0.15, -0.1) is 5.10 Å². The van der Waals surface area contributed by atoms with Crippen LogP contribution in [0.5, 0.6) is 0 Å². The van der Waals surface area contributed by atoms with E-state index >= 15 is 0 Å². The van der Waals surface area contributed by atoms with Crippen LogP contribution in [-0.2, 0) is 7.05 Å². The van der Waals surface area contributed by atoms with Gasteiger partial charge in [0, 0.05) is 7.05 Å². The Bertz CT molecular complexity index is 366. The lowest BCUT2D eigenvalue weighted by Crippen LogP contribution is -2.39. The molecule has 1 aliphatic carbocycles. The summed E-state index contributed by atoms with van der Waals surface area (Å²) in [6, 6.07) is 0.387. The maximum absolute atomic E-state index is 4.10. The van der Waals surface area contributed by atoms with Gasteiger partial charge in [-0.05, 0) is 31.2 Å². The zero-order valence-electron chi connectivity index (χ0n) is 11.9. The number of hydrogen-bond acceptors (Lipinski definition) is 3. The minimum absolute atomic E-state index is 0.350. The van der Waals surface area contributed by atoms with Crippen LogP contribution >= 0.6 is 0 Å².